The molecular weight excluding hydrogens is 404 g/mol. The van der Waals surface area contributed by atoms with Crippen LogP contribution < -0.4 is 0 Å². The van der Waals surface area contributed by atoms with Gasteiger partial charge >= 0.3 is 11.9 Å². The van der Waals surface area contributed by atoms with Crippen molar-refractivity contribution in [2.45, 2.75) is 18.1 Å². The van der Waals surface area contributed by atoms with E-state index in [1.807, 2.05) is 54.6 Å². The molecule has 0 amide bonds. The van der Waals surface area contributed by atoms with Crippen LogP contribution in [-0.2, 0) is 36.9 Å². The molecule has 5 heteroatoms. The maximum Gasteiger partial charge on any atom is 0.331 e. The summed E-state index contributed by atoms with van der Waals surface area (Å²) in [4.78, 5) is 24.2. The van der Waals surface area contributed by atoms with Gasteiger partial charge in [-0.05, 0) is 16.7 Å². The van der Waals surface area contributed by atoms with Crippen LogP contribution in [0.2, 0.25) is 0 Å². The van der Waals surface area contributed by atoms with Crippen molar-refractivity contribution in [3.8, 4) is 0 Å². The van der Waals surface area contributed by atoms with E-state index in [1.54, 1.807) is 0 Å². The predicted molar refractivity (Wildman–Crippen MR) is 123 cm³/mol. The first-order valence-corrected chi connectivity index (χ1v) is 12.7. The Bertz CT molecular complexity index is 886. The summed E-state index contributed by atoms with van der Waals surface area (Å²) in [6, 6.07) is 32.2. The Morgan fingerprint density at radius 2 is 1.10 bits per heavy atom. The summed E-state index contributed by atoms with van der Waals surface area (Å²) in [6.45, 7) is 2.94. The Balaban J connectivity index is 1.94. The predicted octanol–water partition coefficient (Wildman–Crippen LogP) is 4.55. The van der Waals surface area contributed by atoms with Crippen LogP contribution in [0.5, 0.6) is 0 Å². The van der Waals surface area contributed by atoms with E-state index in [0.717, 1.165) is 22.8 Å². The van der Waals surface area contributed by atoms with E-state index in [0.29, 0.717) is 18.1 Å². The van der Waals surface area contributed by atoms with Crippen molar-refractivity contribution in [3.05, 3.63) is 120 Å². The van der Waals surface area contributed by atoms with Gasteiger partial charge in [0.05, 0.1) is 0 Å². The summed E-state index contributed by atoms with van der Waals surface area (Å²) < 4.78 is 11.2. The molecule has 0 spiro atoms. The van der Waals surface area contributed by atoms with Crippen LogP contribution >= 0.6 is 0 Å². The summed E-state index contributed by atoms with van der Waals surface area (Å²) in [7, 11) is -2.73. The monoisotopic (exact) mass is 430 g/mol. The fraction of sp³-hybridized carbons (Fsp3) is 0.154. The van der Waals surface area contributed by atoms with Crippen molar-refractivity contribution in [1.29, 1.82) is 0 Å². The minimum atomic E-state index is -2.73. The van der Waals surface area contributed by atoms with E-state index in [4.69, 9.17) is 9.16 Å². The third kappa shape index (κ3) is 7.08. The topological polar surface area (TPSA) is 52.6 Å². The van der Waals surface area contributed by atoms with Gasteiger partial charge in [-0.15, -0.1) is 0 Å². The number of hydrogen-bond acceptors (Lipinski definition) is 4. The normalized spacial score (nSPS) is 10.8. The lowest BCUT2D eigenvalue weighted by Crippen LogP contribution is -2.49. The second-order valence-electron chi connectivity index (χ2n) is 7.46. The van der Waals surface area contributed by atoms with E-state index in [-0.39, 0.29) is 0 Å². The van der Waals surface area contributed by atoms with Crippen LogP contribution in [0.3, 0.4) is 0 Å². The Morgan fingerprint density at radius 3 is 1.45 bits per heavy atom. The number of carbonyl (C=O) groups excluding carboxylic acids is 2. The fourth-order valence-corrected chi connectivity index (χ4v) is 7.73. The SMILES string of the molecule is C=CC(=O)OCC(=O)O[Si](Cc1ccccc1)(Cc1ccccc1)Cc1ccccc1. The summed E-state index contributed by atoms with van der Waals surface area (Å²) in [5.41, 5.74) is 3.37. The molecule has 0 aliphatic heterocycles. The van der Waals surface area contributed by atoms with Gasteiger partial charge in [-0.3, -0.25) is 0 Å². The number of rotatable bonds is 10. The molecule has 0 heterocycles. The number of carbonyl (C=O) groups is 2. The first-order chi connectivity index (χ1) is 15.1. The minimum absolute atomic E-state index is 0.419. The van der Waals surface area contributed by atoms with Crippen LogP contribution in [-0.4, -0.2) is 26.9 Å². The van der Waals surface area contributed by atoms with Crippen LogP contribution in [0.4, 0.5) is 0 Å². The Kier molecular flexibility index (Phi) is 7.96. The molecule has 0 saturated heterocycles. The third-order valence-electron chi connectivity index (χ3n) is 4.94. The molecule has 3 rings (SSSR count). The average molecular weight is 431 g/mol. The van der Waals surface area contributed by atoms with Gasteiger partial charge in [0.15, 0.2) is 6.61 Å². The largest absolute Gasteiger partial charge is 0.516 e. The molecule has 0 radical (unpaired) electrons. The van der Waals surface area contributed by atoms with Gasteiger partial charge in [-0.1, -0.05) is 97.6 Å². The molecule has 0 aromatic heterocycles. The molecule has 0 N–H and O–H groups in total. The molecule has 4 nitrogen and oxygen atoms in total. The molecule has 158 valence electrons. The lowest BCUT2D eigenvalue weighted by Gasteiger charge is -2.32. The van der Waals surface area contributed by atoms with Gasteiger partial charge in [0.25, 0.3) is 8.32 Å². The fourth-order valence-electron chi connectivity index (χ4n) is 3.66. The number of benzene rings is 3. The lowest BCUT2D eigenvalue weighted by atomic mass is 10.2. The van der Waals surface area contributed by atoms with Gasteiger partial charge in [0, 0.05) is 24.2 Å². The molecular formula is C26H26O4Si. The van der Waals surface area contributed by atoms with Crippen LogP contribution in [0.15, 0.2) is 104 Å². The molecule has 31 heavy (non-hydrogen) atoms. The lowest BCUT2D eigenvalue weighted by molar-refractivity contribution is -0.150. The molecule has 0 unspecified atom stereocenters. The van der Waals surface area contributed by atoms with Gasteiger partial charge in [0.2, 0.25) is 0 Å². The Hall–Kier alpha value is -3.44. The van der Waals surface area contributed by atoms with Gasteiger partial charge < -0.3 is 9.16 Å². The van der Waals surface area contributed by atoms with E-state index < -0.39 is 26.9 Å². The maximum absolute atomic E-state index is 12.8. The van der Waals surface area contributed by atoms with Crippen LogP contribution in [0, 0.1) is 0 Å². The smallest absolute Gasteiger partial charge is 0.331 e. The van der Waals surface area contributed by atoms with Gasteiger partial charge in [0.1, 0.15) is 0 Å². The van der Waals surface area contributed by atoms with Crippen LogP contribution in [0.1, 0.15) is 16.7 Å². The summed E-state index contributed by atoms with van der Waals surface area (Å²) >= 11 is 0. The molecule has 0 bridgehead atoms. The highest BCUT2D eigenvalue weighted by Crippen LogP contribution is 2.24. The Morgan fingerprint density at radius 1 is 0.710 bits per heavy atom. The highest BCUT2D eigenvalue weighted by Gasteiger charge is 2.39. The molecule has 0 aliphatic rings. The molecule has 0 saturated carbocycles. The maximum atomic E-state index is 12.8. The molecule has 3 aromatic rings. The summed E-state index contributed by atoms with van der Waals surface area (Å²) in [5, 5.41) is 0. The van der Waals surface area contributed by atoms with Crippen molar-refractivity contribution in [2.24, 2.45) is 0 Å². The zero-order valence-corrected chi connectivity index (χ0v) is 18.4. The zero-order chi connectivity index (χ0) is 21.9. The first-order valence-electron chi connectivity index (χ1n) is 10.2. The second kappa shape index (κ2) is 11.1. The van der Waals surface area contributed by atoms with E-state index >= 15 is 0 Å². The molecule has 0 atom stereocenters. The number of ether oxygens (including phenoxy) is 1. The Labute approximate surface area is 184 Å². The third-order valence-corrected chi connectivity index (χ3v) is 8.76. The van der Waals surface area contributed by atoms with E-state index in [2.05, 4.69) is 43.0 Å². The van der Waals surface area contributed by atoms with E-state index in [9.17, 15) is 9.59 Å². The molecule has 0 aliphatic carbocycles. The highest BCUT2D eigenvalue weighted by atomic mass is 28.4. The van der Waals surface area contributed by atoms with Crippen molar-refractivity contribution in [1.82, 2.24) is 0 Å². The summed E-state index contributed by atoms with van der Waals surface area (Å²) in [5.74, 6) is -1.16. The second-order valence-corrected chi connectivity index (χ2v) is 11.1. The molecule has 3 aromatic carbocycles. The average Bonchev–Trinajstić information content (AvgIpc) is 2.79. The van der Waals surface area contributed by atoms with Crippen molar-refractivity contribution >= 4 is 20.3 Å². The van der Waals surface area contributed by atoms with Crippen molar-refractivity contribution < 1.29 is 18.8 Å². The summed E-state index contributed by atoms with van der Waals surface area (Å²) in [6.07, 6.45) is 1.04. The minimum Gasteiger partial charge on any atom is -0.516 e. The molecule has 0 fully saturated rings. The quantitative estimate of drug-likeness (QED) is 0.269. The van der Waals surface area contributed by atoms with Crippen molar-refractivity contribution in [3.63, 3.8) is 0 Å². The van der Waals surface area contributed by atoms with Gasteiger partial charge in [-0.2, -0.15) is 0 Å². The van der Waals surface area contributed by atoms with Crippen molar-refractivity contribution in [2.75, 3.05) is 6.61 Å². The van der Waals surface area contributed by atoms with Gasteiger partial charge in [-0.25, -0.2) is 9.59 Å². The van der Waals surface area contributed by atoms with E-state index in [1.165, 1.54) is 0 Å². The highest BCUT2D eigenvalue weighted by molar-refractivity contribution is 6.73. The first kappa shape index (κ1) is 22.2. The zero-order valence-electron chi connectivity index (χ0n) is 17.4. The standard InChI is InChI=1S/C26H26O4Si/c1-2-25(27)29-18-26(28)30-31(19-22-12-6-3-7-13-22,20-23-14-8-4-9-15-23)21-24-16-10-5-11-17-24/h2-17H,1,18-21H2. The van der Waals surface area contributed by atoms with Crippen LogP contribution in [0.25, 0.3) is 0 Å². The number of hydrogen-bond donors (Lipinski definition) is 0. The number of esters is 1.